The van der Waals surface area contributed by atoms with Crippen LogP contribution in [0.25, 0.3) is 10.9 Å². The minimum absolute atomic E-state index is 0.0636. The number of H-pyrrole nitrogens is 1. The minimum atomic E-state index is -0.218. The van der Waals surface area contributed by atoms with Gasteiger partial charge < -0.3 is 10.3 Å². The molecule has 0 radical (unpaired) electrons. The van der Waals surface area contributed by atoms with Crippen molar-refractivity contribution >= 4 is 16.8 Å². The van der Waals surface area contributed by atoms with E-state index >= 15 is 0 Å². The fraction of sp³-hybridized carbons (Fsp3) is 0.357. The van der Waals surface area contributed by atoms with Gasteiger partial charge in [-0.3, -0.25) is 4.79 Å². The van der Waals surface area contributed by atoms with Crippen LogP contribution in [-0.4, -0.2) is 16.4 Å². The van der Waals surface area contributed by atoms with Crippen molar-refractivity contribution in [3.63, 3.8) is 0 Å². The van der Waals surface area contributed by atoms with Crippen molar-refractivity contribution in [1.29, 1.82) is 0 Å². The van der Waals surface area contributed by atoms with E-state index in [-0.39, 0.29) is 11.4 Å². The van der Waals surface area contributed by atoms with Crippen LogP contribution in [0.5, 0.6) is 0 Å². The van der Waals surface area contributed by atoms with Crippen molar-refractivity contribution in [2.24, 2.45) is 0 Å². The third-order valence-electron chi connectivity index (χ3n) is 2.51. The number of carbonyl (C=O) groups excluding carboxylic acids is 1. The first-order valence-corrected chi connectivity index (χ1v) is 5.77. The van der Waals surface area contributed by atoms with Crippen LogP contribution in [0.15, 0.2) is 24.3 Å². The Morgan fingerprint density at radius 3 is 2.59 bits per heavy atom. The molecule has 0 spiro atoms. The molecule has 0 fully saturated rings. The predicted octanol–water partition coefficient (Wildman–Crippen LogP) is 3.00. The van der Waals surface area contributed by atoms with Gasteiger partial charge in [-0.25, -0.2) is 0 Å². The molecule has 3 nitrogen and oxygen atoms in total. The Bertz CT molecular complexity index is 561. The zero-order valence-electron chi connectivity index (χ0n) is 10.7. The molecule has 90 valence electrons. The van der Waals surface area contributed by atoms with Gasteiger partial charge in [0, 0.05) is 16.4 Å². The number of fused-ring (bicyclic) bond motifs is 1. The van der Waals surface area contributed by atoms with Crippen molar-refractivity contribution in [1.82, 2.24) is 10.3 Å². The molecule has 0 bridgehead atoms. The average molecular weight is 230 g/mol. The minimum Gasteiger partial charge on any atom is -0.351 e. The van der Waals surface area contributed by atoms with Gasteiger partial charge in [0.05, 0.1) is 0 Å². The van der Waals surface area contributed by atoms with Gasteiger partial charge >= 0.3 is 0 Å². The molecule has 0 atom stereocenters. The lowest BCUT2D eigenvalue weighted by atomic mass is 10.1. The Balaban J connectivity index is 2.33. The maximum absolute atomic E-state index is 12.0. The maximum Gasteiger partial charge on any atom is 0.268 e. The highest BCUT2D eigenvalue weighted by atomic mass is 16.2. The molecule has 1 aromatic heterocycles. The number of nitrogens with one attached hydrogen (secondary N) is 2. The lowest BCUT2D eigenvalue weighted by Crippen LogP contribution is -2.40. The summed E-state index contributed by atoms with van der Waals surface area (Å²) in [4.78, 5) is 15.1. The molecule has 1 aromatic carbocycles. The fourth-order valence-corrected chi connectivity index (χ4v) is 1.77. The van der Waals surface area contributed by atoms with E-state index in [0.717, 1.165) is 10.9 Å². The Hall–Kier alpha value is -1.77. The molecule has 2 rings (SSSR count). The van der Waals surface area contributed by atoms with Gasteiger partial charge in [0.2, 0.25) is 0 Å². The molecule has 3 heteroatoms. The number of hydrogen-bond donors (Lipinski definition) is 2. The zero-order valence-corrected chi connectivity index (χ0v) is 10.7. The second-order valence-electron chi connectivity index (χ2n) is 5.48. The van der Waals surface area contributed by atoms with E-state index in [0.29, 0.717) is 5.69 Å². The van der Waals surface area contributed by atoms with Crippen LogP contribution in [0.2, 0.25) is 0 Å². The maximum atomic E-state index is 12.0. The molecule has 1 amide bonds. The van der Waals surface area contributed by atoms with Gasteiger partial charge in [-0.1, -0.05) is 12.1 Å². The number of carbonyl (C=O) groups is 1. The van der Waals surface area contributed by atoms with Crippen LogP contribution in [0.4, 0.5) is 0 Å². The van der Waals surface area contributed by atoms with E-state index in [9.17, 15) is 4.79 Å². The van der Waals surface area contributed by atoms with Crippen molar-refractivity contribution in [3.8, 4) is 0 Å². The van der Waals surface area contributed by atoms with Crippen LogP contribution < -0.4 is 5.32 Å². The topological polar surface area (TPSA) is 44.9 Å². The summed E-state index contributed by atoms with van der Waals surface area (Å²) in [5.74, 6) is -0.0636. The molecule has 0 unspecified atom stereocenters. The summed E-state index contributed by atoms with van der Waals surface area (Å²) in [7, 11) is 0. The summed E-state index contributed by atoms with van der Waals surface area (Å²) in [6.45, 7) is 7.95. The number of aromatic nitrogens is 1. The van der Waals surface area contributed by atoms with E-state index in [4.69, 9.17) is 0 Å². The molecule has 2 aromatic rings. The third kappa shape index (κ3) is 2.67. The summed E-state index contributed by atoms with van der Waals surface area (Å²) < 4.78 is 0. The summed E-state index contributed by atoms with van der Waals surface area (Å²) in [6, 6.07) is 8.00. The summed E-state index contributed by atoms with van der Waals surface area (Å²) in [5.41, 5.74) is 2.58. The lowest BCUT2D eigenvalue weighted by Gasteiger charge is -2.19. The van der Waals surface area contributed by atoms with Gasteiger partial charge in [0.15, 0.2) is 0 Å². The Morgan fingerprint density at radius 1 is 1.24 bits per heavy atom. The molecule has 0 aliphatic carbocycles. The van der Waals surface area contributed by atoms with Crippen LogP contribution in [0.1, 0.15) is 36.8 Å². The zero-order chi connectivity index (χ0) is 12.6. The standard InChI is InChI=1S/C14H18N2O/c1-9-5-6-10-8-12(15-11(10)7-9)13(17)16-14(2,3)4/h5-8,15H,1-4H3,(H,16,17). The van der Waals surface area contributed by atoms with Gasteiger partial charge in [-0.05, 0) is 45.4 Å². The Morgan fingerprint density at radius 2 is 1.94 bits per heavy atom. The van der Waals surface area contributed by atoms with Gasteiger partial charge in [-0.2, -0.15) is 0 Å². The highest BCUT2D eigenvalue weighted by Crippen LogP contribution is 2.17. The van der Waals surface area contributed by atoms with Crippen LogP contribution in [0, 0.1) is 6.92 Å². The van der Waals surface area contributed by atoms with E-state index in [1.807, 2.05) is 52.0 Å². The largest absolute Gasteiger partial charge is 0.351 e. The highest BCUT2D eigenvalue weighted by molar-refractivity contribution is 5.98. The van der Waals surface area contributed by atoms with Gasteiger partial charge in [0.25, 0.3) is 5.91 Å². The number of amides is 1. The van der Waals surface area contributed by atoms with Gasteiger partial charge in [0.1, 0.15) is 5.69 Å². The molecule has 2 N–H and O–H groups in total. The van der Waals surface area contributed by atoms with E-state index in [2.05, 4.69) is 10.3 Å². The first-order chi connectivity index (χ1) is 7.85. The second kappa shape index (κ2) is 3.91. The molecule has 0 saturated heterocycles. The summed E-state index contributed by atoms with van der Waals surface area (Å²) in [6.07, 6.45) is 0. The van der Waals surface area contributed by atoms with Crippen molar-refractivity contribution in [2.45, 2.75) is 33.2 Å². The monoisotopic (exact) mass is 230 g/mol. The van der Waals surface area contributed by atoms with Crippen LogP contribution in [0.3, 0.4) is 0 Å². The average Bonchev–Trinajstić information content (AvgIpc) is 2.57. The molecule has 17 heavy (non-hydrogen) atoms. The fourth-order valence-electron chi connectivity index (χ4n) is 1.77. The van der Waals surface area contributed by atoms with Crippen LogP contribution in [-0.2, 0) is 0 Å². The lowest BCUT2D eigenvalue weighted by molar-refractivity contribution is 0.0915. The third-order valence-corrected chi connectivity index (χ3v) is 2.51. The number of aryl methyl sites for hydroxylation is 1. The van der Waals surface area contributed by atoms with Crippen molar-refractivity contribution < 1.29 is 4.79 Å². The molecular weight excluding hydrogens is 212 g/mol. The van der Waals surface area contributed by atoms with E-state index in [1.165, 1.54) is 5.56 Å². The molecule has 0 aliphatic heterocycles. The molecule has 0 saturated carbocycles. The SMILES string of the molecule is Cc1ccc2cc(C(=O)NC(C)(C)C)[nH]c2c1. The predicted molar refractivity (Wildman–Crippen MR) is 70.3 cm³/mol. The quantitative estimate of drug-likeness (QED) is 0.777. The molecule has 0 aliphatic rings. The first kappa shape index (κ1) is 11.7. The molecular formula is C14H18N2O. The smallest absolute Gasteiger partial charge is 0.268 e. The second-order valence-corrected chi connectivity index (χ2v) is 5.48. The van der Waals surface area contributed by atoms with Crippen molar-refractivity contribution in [3.05, 3.63) is 35.5 Å². The Labute approximate surface area is 101 Å². The summed E-state index contributed by atoms with van der Waals surface area (Å²) >= 11 is 0. The van der Waals surface area contributed by atoms with Crippen LogP contribution >= 0.6 is 0 Å². The van der Waals surface area contributed by atoms with Crippen molar-refractivity contribution in [2.75, 3.05) is 0 Å². The van der Waals surface area contributed by atoms with E-state index < -0.39 is 0 Å². The number of rotatable bonds is 1. The number of hydrogen-bond acceptors (Lipinski definition) is 1. The number of benzene rings is 1. The molecule has 1 heterocycles. The normalized spacial score (nSPS) is 11.8. The first-order valence-electron chi connectivity index (χ1n) is 5.77. The van der Waals surface area contributed by atoms with E-state index in [1.54, 1.807) is 0 Å². The highest BCUT2D eigenvalue weighted by Gasteiger charge is 2.16. The Kier molecular flexibility index (Phi) is 2.69. The summed E-state index contributed by atoms with van der Waals surface area (Å²) in [5, 5.41) is 4.01. The number of aromatic amines is 1. The van der Waals surface area contributed by atoms with Gasteiger partial charge in [-0.15, -0.1) is 0 Å².